The first-order valence-corrected chi connectivity index (χ1v) is 5.62. The second-order valence-corrected chi connectivity index (χ2v) is 3.60. The van der Waals surface area contributed by atoms with Crippen molar-refractivity contribution in [1.29, 1.82) is 0 Å². The van der Waals surface area contributed by atoms with Crippen LogP contribution in [0.1, 0.15) is 13.3 Å². The normalized spacial score (nSPS) is 10.6. The smallest absolute Gasteiger partial charge is 0.228 e. The molecule has 17 heavy (non-hydrogen) atoms. The number of carbonyl (C=O) groups excluding carboxylic acids is 1. The number of fused-ring (bicyclic) bond motifs is 1. The number of hydrogen-bond donors (Lipinski definition) is 2. The number of benzene rings is 1. The molecule has 5 heteroatoms. The van der Waals surface area contributed by atoms with Gasteiger partial charge in [-0.1, -0.05) is 12.1 Å². The highest BCUT2D eigenvalue weighted by Crippen LogP contribution is 2.13. The van der Waals surface area contributed by atoms with Crippen molar-refractivity contribution in [2.45, 2.75) is 13.3 Å². The van der Waals surface area contributed by atoms with Crippen LogP contribution in [0.5, 0.6) is 0 Å². The summed E-state index contributed by atoms with van der Waals surface area (Å²) in [5.74, 6) is 0.380. The van der Waals surface area contributed by atoms with E-state index in [-0.39, 0.29) is 5.91 Å². The molecule has 0 bridgehead atoms. The molecule has 2 aromatic rings. The third-order valence-corrected chi connectivity index (χ3v) is 2.32. The Kier molecular flexibility index (Phi) is 3.72. The molecule has 0 aliphatic heterocycles. The second kappa shape index (κ2) is 5.45. The first-order valence-electron chi connectivity index (χ1n) is 5.62. The van der Waals surface area contributed by atoms with Gasteiger partial charge < -0.3 is 9.72 Å². The molecule has 1 amide bonds. The standard InChI is InChI=1S/C12H15N3O2/c1-2-17-8-7-11(16)15-12-13-9-5-3-4-6-10(9)14-12/h3-6H,2,7-8H2,1H3,(H2,13,14,15,16). The summed E-state index contributed by atoms with van der Waals surface area (Å²) in [4.78, 5) is 18.8. The predicted octanol–water partition coefficient (Wildman–Crippen LogP) is 1.93. The van der Waals surface area contributed by atoms with Crippen molar-refractivity contribution in [1.82, 2.24) is 9.97 Å². The maximum absolute atomic E-state index is 11.5. The van der Waals surface area contributed by atoms with Gasteiger partial charge in [-0.3, -0.25) is 10.1 Å². The summed E-state index contributed by atoms with van der Waals surface area (Å²) >= 11 is 0. The predicted molar refractivity (Wildman–Crippen MR) is 65.8 cm³/mol. The SMILES string of the molecule is CCOCCC(=O)Nc1nc2ccccc2[nH]1. The summed E-state index contributed by atoms with van der Waals surface area (Å²) in [5.41, 5.74) is 1.75. The van der Waals surface area contributed by atoms with Crippen LogP contribution in [-0.4, -0.2) is 29.1 Å². The van der Waals surface area contributed by atoms with Crippen molar-refractivity contribution in [3.63, 3.8) is 0 Å². The van der Waals surface area contributed by atoms with E-state index in [4.69, 9.17) is 4.74 Å². The number of carbonyl (C=O) groups is 1. The Labute approximate surface area is 99.2 Å². The van der Waals surface area contributed by atoms with Crippen LogP contribution in [0.4, 0.5) is 5.95 Å². The minimum atomic E-state index is -0.0995. The average molecular weight is 233 g/mol. The summed E-state index contributed by atoms with van der Waals surface area (Å²) in [5, 5.41) is 2.70. The molecule has 0 aliphatic carbocycles. The highest BCUT2D eigenvalue weighted by atomic mass is 16.5. The maximum atomic E-state index is 11.5. The van der Waals surface area contributed by atoms with Gasteiger partial charge in [-0.25, -0.2) is 4.98 Å². The third kappa shape index (κ3) is 3.04. The van der Waals surface area contributed by atoms with Crippen LogP contribution in [0.2, 0.25) is 0 Å². The number of nitrogens with one attached hydrogen (secondary N) is 2. The average Bonchev–Trinajstić information content (AvgIpc) is 2.71. The van der Waals surface area contributed by atoms with Crippen LogP contribution < -0.4 is 5.32 Å². The molecule has 0 saturated heterocycles. The van der Waals surface area contributed by atoms with Gasteiger partial charge in [0, 0.05) is 6.61 Å². The molecule has 0 radical (unpaired) electrons. The number of para-hydroxylation sites is 2. The summed E-state index contributed by atoms with van der Waals surface area (Å²) in [6.07, 6.45) is 0.338. The summed E-state index contributed by atoms with van der Waals surface area (Å²) in [7, 11) is 0. The molecule has 0 unspecified atom stereocenters. The first-order chi connectivity index (χ1) is 8.29. The number of imidazole rings is 1. The molecule has 0 saturated carbocycles. The number of aromatic nitrogens is 2. The van der Waals surface area contributed by atoms with Gasteiger partial charge in [0.2, 0.25) is 11.9 Å². The summed E-state index contributed by atoms with van der Waals surface area (Å²) < 4.78 is 5.11. The zero-order valence-electron chi connectivity index (χ0n) is 9.69. The van der Waals surface area contributed by atoms with E-state index < -0.39 is 0 Å². The van der Waals surface area contributed by atoms with E-state index in [9.17, 15) is 4.79 Å². The van der Waals surface area contributed by atoms with Gasteiger partial charge >= 0.3 is 0 Å². The van der Waals surface area contributed by atoms with Gasteiger partial charge in [0.25, 0.3) is 0 Å². The van der Waals surface area contributed by atoms with E-state index in [1.807, 2.05) is 31.2 Å². The van der Waals surface area contributed by atoms with Crippen LogP contribution in [0.15, 0.2) is 24.3 Å². The summed E-state index contributed by atoms with van der Waals surface area (Å²) in [6, 6.07) is 7.63. The Morgan fingerprint density at radius 2 is 2.29 bits per heavy atom. The van der Waals surface area contributed by atoms with E-state index in [1.54, 1.807) is 0 Å². The zero-order valence-corrected chi connectivity index (χ0v) is 9.69. The van der Waals surface area contributed by atoms with Crippen molar-refractivity contribution >= 4 is 22.9 Å². The molecule has 0 spiro atoms. The van der Waals surface area contributed by atoms with E-state index in [2.05, 4.69) is 15.3 Å². The largest absolute Gasteiger partial charge is 0.381 e. The van der Waals surface area contributed by atoms with E-state index in [0.717, 1.165) is 11.0 Å². The van der Waals surface area contributed by atoms with Gasteiger partial charge in [-0.2, -0.15) is 0 Å². The Morgan fingerprint density at radius 3 is 3.06 bits per heavy atom. The van der Waals surface area contributed by atoms with Gasteiger partial charge in [-0.15, -0.1) is 0 Å². The molecule has 2 rings (SSSR count). The van der Waals surface area contributed by atoms with Crippen LogP contribution in [-0.2, 0) is 9.53 Å². The molecule has 5 nitrogen and oxygen atoms in total. The molecule has 0 atom stereocenters. The molecular weight excluding hydrogens is 218 g/mol. The van der Waals surface area contributed by atoms with Crippen molar-refractivity contribution in [3.8, 4) is 0 Å². The fourth-order valence-electron chi connectivity index (χ4n) is 1.52. The molecule has 1 aromatic heterocycles. The lowest BCUT2D eigenvalue weighted by atomic mass is 10.3. The highest BCUT2D eigenvalue weighted by Gasteiger charge is 2.06. The number of hydrogen-bond acceptors (Lipinski definition) is 3. The fourth-order valence-corrected chi connectivity index (χ4v) is 1.52. The molecular formula is C12H15N3O2. The number of rotatable bonds is 5. The van der Waals surface area contributed by atoms with Crippen molar-refractivity contribution < 1.29 is 9.53 Å². The van der Waals surface area contributed by atoms with Gasteiger partial charge in [0.15, 0.2) is 0 Å². The topological polar surface area (TPSA) is 67.0 Å². The highest BCUT2D eigenvalue weighted by molar-refractivity contribution is 5.91. The van der Waals surface area contributed by atoms with Crippen molar-refractivity contribution in [2.24, 2.45) is 0 Å². The van der Waals surface area contributed by atoms with Crippen LogP contribution in [0.3, 0.4) is 0 Å². The Balaban J connectivity index is 1.96. The zero-order chi connectivity index (χ0) is 12.1. The Hall–Kier alpha value is -1.88. The number of aromatic amines is 1. The number of ether oxygens (including phenoxy) is 1. The van der Waals surface area contributed by atoms with Gasteiger partial charge in [0.1, 0.15) is 0 Å². The number of amides is 1. The molecule has 2 N–H and O–H groups in total. The van der Waals surface area contributed by atoms with Gasteiger partial charge in [-0.05, 0) is 19.1 Å². The molecule has 1 heterocycles. The van der Waals surface area contributed by atoms with E-state index >= 15 is 0 Å². The fraction of sp³-hybridized carbons (Fsp3) is 0.333. The van der Waals surface area contributed by atoms with Crippen molar-refractivity contribution in [3.05, 3.63) is 24.3 Å². The van der Waals surface area contributed by atoms with Crippen LogP contribution in [0, 0.1) is 0 Å². The van der Waals surface area contributed by atoms with E-state index in [1.165, 1.54) is 0 Å². The first kappa shape index (κ1) is 11.6. The van der Waals surface area contributed by atoms with Crippen LogP contribution in [0.25, 0.3) is 11.0 Å². The quantitative estimate of drug-likeness (QED) is 0.775. The third-order valence-electron chi connectivity index (χ3n) is 2.32. The lowest BCUT2D eigenvalue weighted by molar-refractivity contribution is -0.117. The van der Waals surface area contributed by atoms with Gasteiger partial charge in [0.05, 0.1) is 24.1 Å². The maximum Gasteiger partial charge on any atom is 0.228 e. The molecule has 1 aromatic carbocycles. The Bertz CT molecular complexity index is 474. The molecule has 0 fully saturated rings. The minimum absolute atomic E-state index is 0.0995. The second-order valence-electron chi connectivity index (χ2n) is 3.60. The minimum Gasteiger partial charge on any atom is -0.381 e. The number of anilines is 1. The van der Waals surface area contributed by atoms with E-state index in [0.29, 0.717) is 25.6 Å². The number of H-pyrrole nitrogens is 1. The lowest BCUT2D eigenvalue weighted by Crippen LogP contribution is -2.14. The monoisotopic (exact) mass is 233 g/mol. The van der Waals surface area contributed by atoms with Crippen molar-refractivity contribution in [2.75, 3.05) is 18.5 Å². The molecule has 90 valence electrons. The Morgan fingerprint density at radius 1 is 1.47 bits per heavy atom. The number of nitrogens with zero attached hydrogens (tertiary/aromatic N) is 1. The van der Waals surface area contributed by atoms with Crippen LogP contribution >= 0.6 is 0 Å². The summed E-state index contributed by atoms with van der Waals surface area (Å²) in [6.45, 7) is 2.96. The molecule has 0 aliphatic rings. The lowest BCUT2D eigenvalue weighted by Gasteiger charge is -2.01.